The van der Waals surface area contributed by atoms with Crippen LogP contribution in [0, 0.1) is 0 Å². The predicted molar refractivity (Wildman–Crippen MR) is 82.0 cm³/mol. The van der Waals surface area contributed by atoms with Gasteiger partial charge in [0.2, 0.25) is 10.0 Å². The summed E-state index contributed by atoms with van der Waals surface area (Å²) in [5.74, 6) is 0. The van der Waals surface area contributed by atoms with E-state index in [1.54, 1.807) is 10.4 Å². The number of rotatable bonds is 7. The number of nitrogens with one attached hydrogen (secondary N) is 1. The molecule has 0 amide bonds. The number of nitrogens with zero attached hydrogens (tertiary/aromatic N) is 1. The number of halogens is 1. The molecule has 1 N–H and O–H groups in total. The van der Waals surface area contributed by atoms with Gasteiger partial charge in [0.1, 0.15) is 4.90 Å². The maximum absolute atomic E-state index is 12.6. The number of sulfonamides is 1. The second-order valence-corrected chi connectivity index (χ2v) is 8.88. The number of hydrogen-bond donors (Lipinski definition) is 1. The molecular weight excluding hydrogens is 348 g/mol. The standard InChI is InChI=1S/C12H19BrN2O2S2/c1-3-14-8-10-7-11(12(13)18-10)19(16,17)15(4-2)9-5-6-9/h7,9,14H,3-6,8H2,1-2H3. The topological polar surface area (TPSA) is 49.4 Å². The largest absolute Gasteiger partial charge is 0.312 e. The molecule has 1 heterocycles. The van der Waals surface area contributed by atoms with Crippen molar-refractivity contribution in [3.8, 4) is 0 Å². The van der Waals surface area contributed by atoms with Crippen LogP contribution >= 0.6 is 27.3 Å². The Kier molecular flexibility index (Phi) is 5.05. The van der Waals surface area contributed by atoms with Crippen LogP contribution in [0.3, 0.4) is 0 Å². The SMILES string of the molecule is CCNCc1cc(S(=O)(=O)N(CC)C2CC2)c(Br)s1. The van der Waals surface area contributed by atoms with E-state index in [4.69, 9.17) is 0 Å². The summed E-state index contributed by atoms with van der Waals surface area (Å²) in [6.07, 6.45) is 1.97. The van der Waals surface area contributed by atoms with Gasteiger partial charge >= 0.3 is 0 Å². The van der Waals surface area contributed by atoms with Gasteiger partial charge in [-0.25, -0.2) is 8.42 Å². The summed E-state index contributed by atoms with van der Waals surface area (Å²) in [6.45, 7) is 6.06. The van der Waals surface area contributed by atoms with Crippen molar-refractivity contribution in [3.05, 3.63) is 14.7 Å². The van der Waals surface area contributed by atoms with E-state index in [0.717, 1.165) is 24.3 Å². The first-order chi connectivity index (χ1) is 9.00. The fourth-order valence-electron chi connectivity index (χ4n) is 2.02. The summed E-state index contributed by atoms with van der Waals surface area (Å²) in [5, 5.41) is 3.22. The smallest absolute Gasteiger partial charge is 0.245 e. The Morgan fingerprint density at radius 2 is 2.16 bits per heavy atom. The zero-order valence-corrected chi connectivity index (χ0v) is 14.4. The molecule has 0 atom stereocenters. The number of thiophene rings is 1. The average Bonchev–Trinajstić information content (AvgIpc) is 3.10. The zero-order chi connectivity index (χ0) is 14.0. The van der Waals surface area contributed by atoms with Crippen LogP contribution in [-0.4, -0.2) is 31.9 Å². The first-order valence-electron chi connectivity index (χ1n) is 6.51. The average molecular weight is 367 g/mol. The quantitative estimate of drug-likeness (QED) is 0.806. The highest BCUT2D eigenvalue weighted by Crippen LogP contribution is 2.37. The maximum Gasteiger partial charge on any atom is 0.245 e. The van der Waals surface area contributed by atoms with Gasteiger partial charge in [-0.3, -0.25) is 0 Å². The Morgan fingerprint density at radius 1 is 1.47 bits per heavy atom. The van der Waals surface area contributed by atoms with E-state index in [-0.39, 0.29) is 6.04 Å². The predicted octanol–water partition coefficient (Wildman–Crippen LogP) is 2.79. The lowest BCUT2D eigenvalue weighted by atomic mass is 10.4. The monoisotopic (exact) mass is 366 g/mol. The summed E-state index contributed by atoms with van der Waals surface area (Å²) in [4.78, 5) is 1.46. The van der Waals surface area contributed by atoms with Gasteiger partial charge in [0, 0.05) is 24.0 Å². The van der Waals surface area contributed by atoms with E-state index < -0.39 is 10.0 Å². The van der Waals surface area contributed by atoms with E-state index in [1.807, 2.05) is 13.8 Å². The molecule has 0 saturated heterocycles. The van der Waals surface area contributed by atoms with E-state index in [0.29, 0.717) is 21.8 Å². The van der Waals surface area contributed by atoms with Gasteiger partial charge in [-0.05, 0) is 41.4 Å². The molecule has 7 heteroatoms. The Balaban J connectivity index is 2.26. The van der Waals surface area contributed by atoms with Crippen LogP contribution in [0.2, 0.25) is 0 Å². The molecule has 108 valence electrons. The Bertz CT molecular complexity index is 538. The molecule has 1 fully saturated rings. The van der Waals surface area contributed by atoms with Gasteiger partial charge in [0.15, 0.2) is 0 Å². The summed E-state index contributed by atoms with van der Waals surface area (Å²) in [6, 6.07) is 2.00. The Hall–Kier alpha value is 0.0500. The van der Waals surface area contributed by atoms with Gasteiger partial charge in [-0.1, -0.05) is 13.8 Å². The van der Waals surface area contributed by atoms with Crippen molar-refractivity contribution >= 4 is 37.3 Å². The van der Waals surface area contributed by atoms with Crippen LogP contribution < -0.4 is 5.32 Å². The fourth-order valence-corrected chi connectivity index (χ4v) is 6.32. The van der Waals surface area contributed by atoms with Crippen molar-refractivity contribution in [1.82, 2.24) is 9.62 Å². The van der Waals surface area contributed by atoms with E-state index in [1.165, 1.54) is 11.3 Å². The highest BCUT2D eigenvalue weighted by atomic mass is 79.9. The van der Waals surface area contributed by atoms with Gasteiger partial charge < -0.3 is 5.32 Å². The van der Waals surface area contributed by atoms with Gasteiger partial charge in [0.05, 0.1) is 3.79 Å². The van der Waals surface area contributed by atoms with Crippen LogP contribution in [0.5, 0.6) is 0 Å². The number of hydrogen-bond acceptors (Lipinski definition) is 4. The van der Waals surface area contributed by atoms with Crippen molar-refractivity contribution in [2.75, 3.05) is 13.1 Å². The van der Waals surface area contributed by atoms with E-state index in [2.05, 4.69) is 21.2 Å². The summed E-state index contributed by atoms with van der Waals surface area (Å²) in [5.41, 5.74) is 0. The molecule has 0 aliphatic heterocycles. The van der Waals surface area contributed by atoms with Crippen molar-refractivity contribution in [2.24, 2.45) is 0 Å². The second kappa shape index (κ2) is 6.22. The molecule has 1 aliphatic carbocycles. The first-order valence-corrected chi connectivity index (χ1v) is 9.56. The molecule has 4 nitrogen and oxygen atoms in total. The third kappa shape index (κ3) is 3.39. The second-order valence-electron chi connectivity index (χ2n) is 4.57. The molecule has 0 spiro atoms. The van der Waals surface area contributed by atoms with Gasteiger partial charge in [0.25, 0.3) is 0 Å². The molecule has 2 rings (SSSR count). The van der Waals surface area contributed by atoms with Gasteiger partial charge in [-0.2, -0.15) is 4.31 Å². The first kappa shape index (κ1) is 15.4. The van der Waals surface area contributed by atoms with Crippen molar-refractivity contribution in [3.63, 3.8) is 0 Å². The van der Waals surface area contributed by atoms with E-state index in [9.17, 15) is 8.42 Å². The normalized spacial score (nSPS) is 16.2. The molecule has 0 bridgehead atoms. The van der Waals surface area contributed by atoms with Crippen LogP contribution in [0.4, 0.5) is 0 Å². The molecule has 1 aromatic heterocycles. The summed E-state index contributed by atoms with van der Waals surface area (Å²) in [7, 11) is -3.35. The molecule has 1 aromatic rings. The van der Waals surface area contributed by atoms with Crippen LogP contribution in [0.25, 0.3) is 0 Å². The zero-order valence-electron chi connectivity index (χ0n) is 11.1. The fraction of sp³-hybridized carbons (Fsp3) is 0.667. The Morgan fingerprint density at radius 3 is 2.68 bits per heavy atom. The van der Waals surface area contributed by atoms with Crippen LogP contribution in [0.1, 0.15) is 31.6 Å². The molecular formula is C12H19BrN2O2S2. The summed E-state index contributed by atoms with van der Waals surface area (Å²) >= 11 is 4.89. The lowest BCUT2D eigenvalue weighted by Crippen LogP contribution is -2.32. The van der Waals surface area contributed by atoms with Crippen molar-refractivity contribution in [1.29, 1.82) is 0 Å². The molecule has 19 heavy (non-hydrogen) atoms. The molecule has 1 aliphatic rings. The van der Waals surface area contributed by atoms with Gasteiger partial charge in [-0.15, -0.1) is 11.3 Å². The third-order valence-corrected chi connectivity index (χ3v) is 7.39. The lowest BCUT2D eigenvalue weighted by Gasteiger charge is -2.19. The van der Waals surface area contributed by atoms with Crippen molar-refractivity contribution < 1.29 is 8.42 Å². The summed E-state index contributed by atoms with van der Waals surface area (Å²) < 4.78 is 27.6. The lowest BCUT2D eigenvalue weighted by molar-refractivity contribution is 0.421. The third-order valence-electron chi connectivity index (χ3n) is 3.11. The van der Waals surface area contributed by atoms with Crippen LogP contribution in [0.15, 0.2) is 14.7 Å². The highest BCUT2D eigenvalue weighted by molar-refractivity contribution is 9.11. The highest BCUT2D eigenvalue weighted by Gasteiger charge is 2.38. The van der Waals surface area contributed by atoms with Crippen molar-refractivity contribution in [2.45, 2.75) is 44.2 Å². The molecule has 0 aromatic carbocycles. The van der Waals surface area contributed by atoms with E-state index >= 15 is 0 Å². The molecule has 1 saturated carbocycles. The minimum atomic E-state index is -3.35. The minimum Gasteiger partial charge on any atom is -0.312 e. The maximum atomic E-state index is 12.6. The minimum absolute atomic E-state index is 0.207. The Labute approximate surface area is 127 Å². The van der Waals surface area contributed by atoms with Crippen LogP contribution in [-0.2, 0) is 16.6 Å². The molecule has 0 radical (unpaired) electrons. The molecule has 0 unspecified atom stereocenters.